The fourth-order valence-electron chi connectivity index (χ4n) is 1.81. The number of likely N-dealkylation sites (tertiary alicyclic amines) is 1. The fourth-order valence-corrected chi connectivity index (χ4v) is 1.98. The molecule has 1 aliphatic rings. The Kier molecular flexibility index (Phi) is 6.29. The summed E-state index contributed by atoms with van der Waals surface area (Å²) in [6.45, 7) is 3.92. The van der Waals surface area contributed by atoms with Crippen molar-refractivity contribution < 1.29 is 14.3 Å². The lowest BCUT2D eigenvalue weighted by molar-refractivity contribution is -0.119. The van der Waals surface area contributed by atoms with Gasteiger partial charge in [0, 0.05) is 32.0 Å². The van der Waals surface area contributed by atoms with Gasteiger partial charge in [-0.1, -0.05) is 0 Å². The minimum absolute atomic E-state index is 0.169. The summed E-state index contributed by atoms with van der Waals surface area (Å²) in [6, 6.07) is -0.324. The molecule has 0 bridgehead atoms. The maximum atomic E-state index is 11.7. The van der Waals surface area contributed by atoms with Crippen LogP contribution in [0.2, 0.25) is 0 Å². The second-order valence-electron chi connectivity index (χ2n) is 3.93. The normalized spacial score (nSPS) is 16.9. The number of halogens is 1. The maximum absolute atomic E-state index is 11.7. The standard InChI is InChI=1S/C11H19ClN2O3/c1-2-17-9-4-7-14(8-5-9)11(16)13-10(15)3-6-12/h9H,2-8H2,1H3,(H,13,15,16). The predicted molar refractivity (Wildman–Crippen MR) is 65.1 cm³/mol. The summed E-state index contributed by atoms with van der Waals surface area (Å²) in [5.74, 6) is -0.0946. The summed E-state index contributed by atoms with van der Waals surface area (Å²) < 4.78 is 5.49. The Hall–Kier alpha value is -0.810. The molecular formula is C11H19ClN2O3. The minimum atomic E-state index is -0.324. The first-order valence-corrected chi connectivity index (χ1v) is 6.47. The molecule has 17 heavy (non-hydrogen) atoms. The molecule has 1 heterocycles. The van der Waals surface area contributed by atoms with Gasteiger partial charge in [0.1, 0.15) is 0 Å². The van der Waals surface area contributed by atoms with Gasteiger partial charge in [-0.2, -0.15) is 0 Å². The van der Waals surface area contributed by atoms with E-state index in [9.17, 15) is 9.59 Å². The first-order valence-electron chi connectivity index (χ1n) is 5.93. The molecule has 1 rings (SSSR count). The van der Waals surface area contributed by atoms with Crippen molar-refractivity contribution >= 4 is 23.5 Å². The Morgan fingerprint density at radius 1 is 1.41 bits per heavy atom. The number of hydrogen-bond donors (Lipinski definition) is 1. The first kappa shape index (κ1) is 14.3. The number of nitrogens with zero attached hydrogens (tertiary/aromatic N) is 1. The highest BCUT2D eigenvalue weighted by atomic mass is 35.5. The first-order chi connectivity index (χ1) is 8.17. The molecule has 0 aliphatic carbocycles. The monoisotopic (exact) mass is 262 g/mol. The van der Waals surface area contributed by atoms with Crippen LogP contribution < -0.4 is 5.32 Å². The van der Waals surface area contributed by atoms with Gasteiger partial charge in [-0.05, 0) is 19.8 Å². The van der Waals surface area contributed by atoms with Gasteiger partial charge < -0.3 is 9.64 Å². The summed E-state index contributed by atoms with van der Waals surface area (Å²) in [6.07, 6.45) is 2.06. The molecule has 0 aromatic carbocycles. The van der Waals surface area contributed by atoms with Gasteiger partial charge in [-0.3, -0.25) is 10.1 Å². The molecular weight excluding hydrogens is 244 g/mol. The number of rotatable bonds is 4. The van der Waals surface area contributed by atoms with E-state index in [0.717, 1.165) is 12.8 Å². The Labute approximate surface area is 106 Å². The molecule has 0 saturated carbocycles. The number of alkyl halides is 1. The molecule has 1 fully saturated rings. The Morgan fingerprint density at radius 3 is 2.59 bits per heavy atom. The Balaban J connectivity index is 2.28. The van der Waals surface area contributed by atoms with Crippen molar-refractivity contribution in [3.05, 3.63) is 0 Å². The van der Waals surface area contributed by atoms with E-state index in [4.69, 9.17) is 16.3 Å². The van der Waals surface area contributed by atoms with Crippen LogP contribution in [0.5, 0.6) is 0 Å². The molecule has 1 saturated heterocycles. The highest BCUT2D eigenvalue weighted by Gasteiger charge is 2.23. The zero-order chi connectivity index (χ0) is 12.7. The average molecular weight is 263 g/mol. The lowest BCUT2D eigenvalue weighted by atomic mass is 10.1. The van der Waals surface area contributed by atoms with Gasteiger partial charge in [0.05, 0.1) is 6.10 Å². The summed E-state index contributed by atoms with van der Waals surface area (Å²) in [7, 11) is 0. The number of urea groups is 1. The molecule has 3 amide bonds. The number of hydrogen-bond acceptors (Lipinski definition) is 3. The van der Waals surface area contributed by atoms with Gasteiger partial charge >= 0.3 is 6.03 Å². The molecule has 0 aromatic heterocycles. The second kappa shape index (κ2) is 7.50. The molecule has 0 aromatic rings. The molecule has 0 atom stereocenters. The maximum Gasteiger partial charge on any atom is 0.324 e. The van der Waals surface area contributed by atoms with Crippen LogP contribution in [0.15, 0.2) is 0 Å². The van der Waals surface area contributed by atoms with E-state index in [1.807, 2.05) is 6.92 Å². The van der Waals surface area contributed by atoms with E-state index in [2.05, 4.69) is 5.32 Å². The van der Waals surface area contributed by atoms with Gasteiger partial charge in [0.25, 0.3) is 0 Å². The van der Waals surface area contributed by atoms with E-state index in [0.29, 0.717) is 19.7 Å². The van der Waals surface area contributed by atoms with Crippen LogP contribution in [0.25, 0.3) is 0 Å². The number of carbonyl (C=O) groups is 2. The van der Waals surface area contributed by atoms with Crippen LogP contribution in [-0.4, -0.2) is 48.5 Å². The minimum Gasteiger partial charge on any atom is -0.378 e. The zero-order valence-electron chi connectivity index (χ0n) is 10.1. The van der Waals surface area contributed by atoms with Crippen LogP contribution >= 0.6 is 11.6 Å². The average Bonchev–Trinajstić information content (AvgIpc) is 2.30. The van der Waals surface area contributed by atoms with Crippen molar-refractivity contribution in [1.29, 1.82) is 0 Å². The van der Waals surface area contributed by atoms with Crippen LogP contribution in [0.1, 0.15) is 26.2 Å². The summed E-state index contributed by atoms with van der Waals surface area (Å²) in [4.78, 5) is 24.5. The van der Waals surface area contributed by atoms with Crippen molar-refractivity contribution in [3.8, 4) is 0 Å². The summed E-state index contributed by atoms with van der Waals surface area (Å²) in [5, 5.41) is 2.32. The van der Waals surface area contributed by atoms with Crippen LogP contribution in [0.4, 0.5) is 4.79 Å². The topological polar surface area (TPSA) is 58.6 Å². The lowest BCUT2D eigenvalue weighted by Gasteiger charge is -2.31. The third-order valence-corrected chi connectivity index (χ3v) is 2.89. The third-order valence-electron chi connectivity index (χ3n) is 2.70. The number of carbonyl (C=O) groups excluding carboxylic acids is 2. The molecule has 1 N–H and O–H groups in total. The molecule has 98 valence electrons. The summed E-state index contributed by atoms with van der Waals surface area (Å²) >= 11 is 5.42. The number of imide groups is 1. The lowest BCUT2D eigenvalue weighted by Crippen LogP contribution is -2.47. The molecule has 0 unspecified atom stereocenters. The van der Waals surface area contributed by atoms with Crippen molar-refractivity contribution in [2.45, 2.75) is 32.3 Å². The van der Waals surface area contributed by atoms with Gasteiger partial charge in [-0.15, -0.1) is 11.6 Å². The fraction of sp³-hybridized carbons (Fsp3) is 0.818. The van der Waals surface area contributed by atoms with Crippen molar-refractivity contribution in [2.24, 2.45) is 0 Å². The number of piperidine rings is 1. The second-order valence-corrected chi connectivity index (χ2v) is 4.31. The zero-order valence-corrected chi connectivity index (χ0v) is 10.8. The van der Waals surface area contributed by atoms with Crippen molar-refractivity contribution in [2.75, 3.05) is 25.6 Å². The summed E-state index contributed by atoms with van der Waals surface area (Å²) in [5.41, 5.74) is 0. The van der Waals surface area contributed by atoms with Crippen molar-refractivity contribution in [3.63, 3.8) is 0 Å². The molecule has 5 nitrogen and oxygen atoms in total. The molecule has 0 spiro atoms. The number of ether oxygens (including phenoxy) is 1. The largest absolute Gasteiger partial charge is 0.378 e. The van der Waals surface area contributed by atoms with Gasteiger partial charge in [-0.25, -0.2) is 4.79 Å². The molecule has 6 heteroatoms. The predicted octanol–water partition coefficient (Wildman–Crippen LogP) is 1.35. The van der Waals surface area contributed by atoms with E-state index >= 15 is 0 Å². The van der Waals surface area contributed by atoms with E-state index < -0.39 is 0 Å². The molecule has 1 aliphatic heterocycles. The third kappa shape index (κ3) is 4.91. The van der Waals surface area contributed by atoms with Crippen molar-refractivity contribution in [1.82, 2.24) is 10.2 Å². The van der Waals surface area contributed by atoms with Crippen LogP contribution in [-0.2, 0) is 9.53 Å². The van der Waals surface area contributed by atoms with E-state index in [1.54, 1.807) is 4.90 Å². The Bertz CT molecular complexity index is 265. The van der Waals surface area contributed by atoms with Gasteiger partial charge in [0.2, 0.25) is 5.91 Å². The van der Waals surface area contributed by atoms with Gasteiger partial charge in [0.15, 0.2) is 0 Å². The van der Waals surface area contributed by atoms with Crippen LogP contribution in [0.3, 0.4) is 0 Å². The van der Waals surface area contributed by atoms with E-state index in [1.165, 1.54) is 0 Å². The Morgan fingerprint density at radius 2 is 2.06 bits per heavy atom. The molecule has 0 radical (unpaired) electrons. The SMILES string of the molecule is CCOC1CCN(C(=O)NC(=O)CCCl)CC1. The smallest absolute Gasteiger partial charge is 0.324 e. The quantitative estimate of drug-likeness (QED) is 0.778. The number of nitrogens with one attached hydrogen (secondary N) is 1. The van der Waals surface area contributed by atoms with Crippen LogP contribution in [0, 0.1) is 0 Å². The highest BCUT2D eigenvalue weighted by Crippen LogP contribution is 2.13. The van der Waals surface area contributed by atoms with E-state index in [-0.39, 0.29) is 30.3 Å². The number of amides is 3. The highest BCUT2D eigenvalue weighted by molar-refractivity contribution is 6.19.